The highest BCUT2D eigenvalue weighted by Crippen LogP contribution is 2.20. The van der Waals surface area contributed by atoms with Crippen molar-refractivity contribution in [2.75, 3.05) is 11.9 Å². The molecule has 0 aliphatic rings. The van der Waals surface area contributed by atoms with Crippen LogP contribution in [0.3, 0.4) is 0 Å². The molecule has 0 bridgehead atoms. The van der Waals surface area contributed by atoms with Crippen molar-refractivity contribution in [1.29, 1.82) is 0 Å². The Bertz CT molecular complexity index is 694. The van der Waals surface area contributed by atoms with Gasteiger partial charge in [-0.1, -0.05) is 37.3 Å². The van der Waals surface area contributed by atoms with Gasteiger partial charge in [0.05, 0.1) is 12.6 Å². The number of para-hydroxylation sites is 1. The number of rotatable bonds is 8. The molecule has 0 unspecified atom stereocenters. The second-order valence-corrected chi connectivity index (χ2v) is 6.40. The fraction of sp³-hybridized carbons (Fsp3) is 0.381. The number of amides is 1. The molecule has 25 heavy (non-hydrogen) atoms. The van der Waals surface area contributed by atoms with Crippen molar-refractivity contribution in [2.24, 2.45) is 0 Å². The van der Waals surface area contributed by atoms with Crippen molar-refractivity contribution >= 4 is 11.6 Å². The van der Waals surface area contributed by atoms with E-state index < -0.39 is 0 Å². The van der Waals surface area contributed by atoms with Gasteiger partial charge in [-0.2, -0.15) is 0 Å². The number of hydrogen-bond acceptors (Lipinski definition) is 3. The van der Waals surface area contributed by atoms with E-state index in [9.17, 15) is 4.79 Å². The monoisotopic (exact) mass is 340 g/mol. The lowest BCUT2D eigenvalue weighted by atomic mass is 10.1. The molecule has 0 heterocycles. The molecule has 134 valence electrons. The van der Waals surface area contributed by atoms with Crippen molar-refractivity contribution in [3.63, 3.8) is 0 Å². The van der Waals surface area contributed by atoms with Gasteiger partial charge in [-0.15, -0.1) is 0 Å². The van der Waals surface area contributed by atoms with Crippen molar-refractivity contribution in [2.45, 2.75) is 46.8 Å². The van der Waals surface area contributed by atoms with Crippen LogP contribution < -0.4 is 15.4 Å². The van der Waals surface area contributed by atoms with Crippen LogP contribution in [0, 0.1) is 6.92 Å². The van der Waals surface area contributed by atoms with E-state index in [4.69, 9.17) is 4.74 Å². The molecular weight excluding hydrogens is 312 g/mol. The number of carbonyl (C=O) groups excluding carboxylic acids is 1. The first-order valence-electron chi connectivity index (χ1n) is 8.84. The Kier molecular flexibility index (Phi) is 6.87. The standard InChI is InChI=1S/C21H28N2O2/c1-5-18-8-6-7-16(4)21(18)23-14-20(24)22-13-17-9-11-19(12-10-17)25-15(2)3/h6-12,15,23H,5,13-14H2,1-4H3,(H,22,24). The number of aryl methyl sites for hydroxylation is 2. The maximum absolute atomic E-state index is 12.1. The lowest BCUT2D eigenvalue weighted by Crippen LogP contribution is -2.29. The van der Waals surface area contributed by atoms with Crippen molar-refractivity contribution in [1.82, 2.24) is 5.32 Å². The van der Waals surface area contributed by atoms with E-state index in [2.05, 4.69) is 36.6 Å². The third-order valence-corrected chi connectivity index (χ3v) is 3.95. The minimum Gasteiger partial charge on any atom is -0.491 e. The smallest absolute Gasteiger partial charge is 0.239 e. The summed E-state index contributed by atoms with van der Waals surface area (Å²) in [7, 11) is 0. The Balaban J connectivity index is 1.83. The average molecular weight is 340 g/mol. The Labute approximate surface area is 150 Å². The third-order valence-electron chi connectivity index (χ3n) is 3.95. The zero-order valence-electron chi connectivity index (χ0n) is 15.6. The quantitative estimate of drug-likeness (QED) is 0.761. The van der Waals surface area contributed by atoms with Crippen molar-refractivity contribution in [3.8, 4) is 5.75 Å². The van der Waals surface area contributed by atoms with Gasteiger partial charge < -0.3 is 15.4 Å². The van der Waals surface area contributed by atoms with Gasteiger partial charge in [-0.05, 0) is 56.0 Å². The minimum atomic E-state index is -0.0205. The van der Waals surface area contributed by atoms with Crippen LogP contribution in [-0.2, 0) is 17.8 Å². The number of nitrogens with one attached hydrogen (secondary N) is 2. The van der Waals surface area contributed by atoms with E-state index in [1.807, 2.05) is 44.2 Å². The molecular formula is C21H28N2O2. The molecule has 0 spiro atoms. The van der Waals surface area contributed by atoms with Crippen LogP contribution in [0.2, 0.25) is 0 Å². The maximum atomic E-state index is 12.1. The topological polar surface area (TPSA) is 50.4 Å². The summed E-state index contributed by atoms with van der Waals surface area (Å²) in [5.74, 6) is 0.825. The van der Waals surface area contributed by atoms with E-state index in [-0.39, 0.29) is 18.6 Å². The van der Waals surface area contributed by atoms with Gasteiger partial charge in [0.1, 0.15) is 5.75 Å². The van der Waals surface area contributed by atoms with Crippen LogP contribution in [0.25, 0.3) is 0 Å². The second kappa shape index (κ2) is 9.11. The molecule has 2 N–H and O–H groups in total. The first-order valence-corrected chi connectivity index (χ1v) is 8.84. The highest BCUT2D eigenvalue weighted by Gasteiger charge is 2.07. The summed E-state index contributed by atoms with van der Waals surface area (Å²) in [6, 6.07) is 14.0. The molecule has 0 saturated heterocycles. The molecule has 1 amide bonds. The van der Waals surface area contributed by atoms with Crippen LogP contribution >= 0.6 is 0 Å². The highest BCUT2D eigenvalue weighted by molar-refractivity contribution is 5.81. The molecule has 4 heteroatoms. The number of ether oxygens (including phenoxy) is 1. The van der Waals surface area contributed by atoms with Crippen molar-refractivity contribution in [3.05, 3.63) is 59.2 Å². The van der Waals surface area contributed by atoms with E-state index in [1.165, 1.54) is 5.56 Å². The molecule has 0 aliphatic heterocycles. The normalized spacial score (nSPS) is 10.6. The predicted molar refractivity (Wildman–Crippen MR) is 103 cm³/mol. The number of carbonyl (C=O) groups is 1. The lowest BCUT2D eigenvalue weighted by molar-refractivity contribution is -0.119. The largest absolute Gasteiger partial charge is 0.491 e. The Morgan fingerprint density at radius 3 is 2.48 bits per heavy atom. The zero-order valence-corrected chi connectivity index (χ0v) is 15.6. The Morgan fingerprint density at radius 2 is 1.84 bits per heavy atom. The Hall–Kier alpha value is -2.49. The molecule has 0 saturated carbocycles. The molecule has 4 nitrogen and oxygen atoms in total. The molecule has 0 radical (unpaired) electrons. The van der Waals surface area contributed by atoms with Gasteiger partial charge >= 0.3 is 0 Å². The molecule has 2 rings (SSSR count). The van der Waals surface area contributed by atoms with Crippen molar-refractivity contribution < 1.29 is 9.53 Å². The minimum absolute atomic E-state index is 0.0205. The summed E-state index contributed by atoms with van der Waals surface area (Å²) in [5, 5.41) is 6.21. The fourth-order valence-corrected chi connectivity index (χ4v) is 2.67. The highest BCUT2D eigenvalue weighted by atomic mass is 16.5. The molecule has 0 atom stereocenters. The summed E-state index contributed by atoms with van der Waals surface area (Å²) >= 11 is 0. The fourth-order valence-electron chi connectivity index (χ4n) is 2.67. The summed E-state index contributed by atoms with van der Waals surface area (Å²) in [4.78, 5) is 12.1. The molecule has 2 aromatic carbocycles. The van der Waals surface area contributed by atoms with Crippen LogP contribution in [0.5, 0.6) is 5.75 Å². The number of anilines is 1. The van der Waals surface area contributed by atoms with Gasteiger partial charge in [-0.3, -0.25) is 4.79 Å². The van der Waals surface area contributed by atoms with Gasteiger partial charge in [0.2, 0.25) is 5.91 Å². The zero-order chi connectivity index (χ0) is 18.2. The van der Waals surface area contributed by atoms with E-state index >= 15 is 0 Å². The summed E-state index contributed by atoms with van der Waals surface area (Å²) in [6.07, 6.45) is 1.10. The second-order valence-electron chi connectivity index (χ2n) is 6.40. The van der Waals surface area contributed by atoms with Crippen LogP contribution in [-0.4, -0.2) is 18.6 Å². The number of benzene rings is 2. The van der Waals surface area contributed by atoms with Crippen LogP contribution in [0.4, 0.5) is 5.69 Å². The van der Waals surface area contributed by atoms with E-state index in [0.717, 1.165) is 29.0 Å². The van der Waals surface area contributed by atoms with Gasteiger partial charge in [0.25, 0.3) is 0 Å². The van der Waals surface area contributed by atoms with E-state index in [1.54, 1.807) is 0 Å². The first kappa shape index (κ1) is 18.8. The maximum Gasteiger partial charge on any atom is 0.239 e. The molecule has 0 aromatic heterocycles. The summed E-state index contributed by atoms with van der Waals surface area (Å²) < 4.78 is 5.62. The molecule has 2 aromatic rings. The summed E-state index contributed by atoms with van der Waals surface area (Å²) in [6.45, 7) is 8.95. The van der Waals surface area contributed by atoms with Crippen LogP contribution in [0.15, 0.2) is 42.5 Å². The van der Waals surface area contributed by atoms with Gasteiger partial charge in [0.15, 0.2) is 0 Å². The lowest BCUT2D eigenvalue weighted by Gasteiger charge is -2.14. The van der Waals surface area contributed by atoms with E-state index in [0.29, 0.717) is 6.54 Å². The number of hydrogen-bond donors (Lipinski definition) is 2. The first-order chi connectivity index (χ1) is 12.0. The third kappa shape index (κ3) is 5.82. The molecule has 0 aliphatic carbocycles. The summed E-state index contributed by atoms with van der Waals surface area (Å²) in [5.41, 5.74) is 4.51. The molecule has 0 fully saturated rings. The van der Waals surface area contributed by atoms with Crippen LogP contribution in [0.1, 0.15) is 37.5 Å². The van der Waals surface area contributed by atoms with Gasteiger partial charge in [-0.25, -0.2) is 0 Å². The Morgan fingerprint density at radius 1 is 1.12 bits per heavy atom. The average Bonchev–Trinajstić information content (AvgIpc) is 2.59. The predicted octanol–water partition coefficient (Wildman–Crippen LogP) is 4.07. The SMILES string of the molecule is CCc1cccc(C)c1NCC(=O)NCc1ccc(OC(C)C)cc1. The van der Waals surface area contributed by atoms with Gasteiger partial charge in [0, 0.05) is 12.2 Å².